The Morgan fingerprint density at radius 1 is 0.825 bits per heavy atom. The van der Waals surface area contributed by atoms with E-state index in [0.29, 0.717) is 25.9 Å². The fourth-order valence-corrected chi connectivity index (χ4v) is 5.55. The first-order valence-electron chi connectivity index (χ1n) is 15.4. The molecule has 0 fully saturated rings. The fraction of sp³-hybridized carbons (Fsp3) is 0.588. The number of hydrogen-bond acceptors (Lipinski definition) is 3. The monoisotopic (exact) mass is 570 g/mol. The molecule has 0 saturated heterocycles. The second kappa shape index (κ2) is 18.0. The Morgan fingerprint density at radius 2 is 1.40 bits per heavy atom. The number of phenols is 1. The van der Waals surface area contributed by atoms with Gasteiger partial charge in [-0.2, -0.15) is 0 Å². The summed E-state index contributed by atoms with van der Waals surface area (Å²) in [4.78, 5) is 27.5. The molecule has 2 N–H and O–H groups in total. The molecule has 0 saturated carbocycles. The molecule has 2 aromatic rings. The standard InChI is InChI=1S/C34H51ClN2O3/c1-6-9-10-11-12-13-14-15-16-17-18-19-32(38)36-31-21-25(4)20-26(5)28(31)22-27-23-29(33(39)30(35)24-27)34(40)37(7-2)8-3/h20-21,23-24,39H,6-19,22H2,1-5H3,(H,36,38). The number of phenolic OH excluding ortho intramolecular Hbond substituents is 1. The summed E-state index contributed by atoms with van der Waals surface area (Å²) in [6, 6.07) is 7.52. The Morgan fingerprint density at radius 3 is 1.98 bits per heavy atom. The maximum absolute atomic E-state index is 13.0. The highest BCUT2D eigenvalue weighted by Crippen LogP contribution is 2.33. The molecule has 0 aliphatic heterocycles. The molecule has 0 bridgehead atoms. The van der Waals surface area contributed by atoms with Crippen LogP contribution in [0.1, 0.15) is 130 Å². The van der Waals surface area contributed by atoms with E-state index < -0.39 is 0 Å². The SMILES string of the molecule is CCCCCCCCCCCCCC(=O)Nc1cc(C)cc(C)c1Cc1cc(Cl)c(O)c(C(=O)N(CC)CC)c1. The van der Waals surface area contributed by atoms with Crippen molar-refractivity contribution in [2.24, 2.45) is 0 Å². The highest BCUT2D eigenvalue weighted by molar-refractivity contribution is 6.32. The zero-order valence-corrected chi connectivity index (χ0v) is 26.3. The number of aryl methyl sites for hydroxylation is 2. The maximum atomic E-state index is 13.0. The van der Waals surface area contributed by atoms with Gasteiger partial charge in [-0.1, -0.05) is 88.8 Å². The van der Waals surface area contributed by atoms with Crippen molar-refractivity contribution < 1.29 is 14.7 Å². The zero-order chi connectivity index (χ0) is 29.5. The second-order valence-electron chi connectivity index (χ2n) is 11.1. The number of carbonyl (C=O) groups is 2. The number of carbonyl (C=O) groups excluding carboxylic acids is 2. The van der Waals surface area contributed by atoms with Crippen LogP contribution in [0.3, 0.4) is 0 Å². The van der Waals surface area contributed by atoms with Crippen LogP contribution in [0.4, 0.5) is 5.69 Å². The Balaban J connectivity index is 1.99. The summed E-state index contributed by atoms with van der Waals surface area (Å²) in [7, 11) is 0. The lowest BCUT2D eigenvalue weighted by atomic mass is 9.95. The molecule has 0 aromatic heterocycles. The molecular formula is C34H51ClN2O3. The smallest absolute Gasteiger partial charge is 0.257 e. The van der Waals surface area contributed by atoms with Crippen LogP contribution in [-0.4, -0.2) is 34.9 Å². The Labute approximate surface area is 247 Å². The van der Waals surface area contributed by atoms with Crippen molar-refractivity contribution in [3.05, 3.63) is 57.1 Å². The van der Waals surface area contributed by atoms with Crippen LogP contribution in [0.25, 0.3) is 0 Å². The first kappa shape index (κ1) is 33.7. The number of unbranched alkanes of at least 4 members (excludes halogenated alkanes) is 10. The topological polar surface area (TPSA) is 69.6 Å². The molecule has 222 valence electrons. The van der Waals surface area contributed by atoms with E-state index in [-0.39, 0.29) is 28.1 Å². The van der Waals surface area contributed by atoms with E-state index in [4.69, 9.17) is 11.6 Å². The lowest BCUT2D eigenvalue weighted by Gasteiger charge is -2.20. The number of amides is 2. The Hall–Kier alpha value is -2.53. The predicted molar refractivity (Wildman–Crippen MR) is 169 cm³/mol. The number of rotatable bonds is 18. The predicted octanol–water partition coefficient (Wildman–Crippen LogP) is 9.37. The van der Waals surface area contributed by atoms with Crippen LogP contribution in [0, 0.1) is 13.8 Å². The van der Waals surface area contributed by atoms with Crippen molar-refractivity contribution in [3.63, 3.8) is 0 Å². The number of nitrogens with zero attached hydrogens (tertiary/aromatic N) is 1. The van der Waals surface area contributed by atoms with Crippen LogP contribution in [0.5, 0.6) is 5.75 Å². The first-order valence-corrected chi connectivity index (χ1v) is 15.8. The van der Waals surface area contributed by atoms with Crippen molar-refractivity contribution in [2.45, 2.75) is 118 Å². The van der Waals surface area contributed by atoms with Gasteiger partial charge in [0.15, 0.2) is 0 Å². The Bertz CT molecular complexity index is 1100. The zero-order valence-electron chi connectivity index (χ0n) is 25.5. The van der Waals surface area contributed by atoms with Crippen molar-refractivity contribution in [2.75, 3.05) is 18.4 Å². The third kappa shape index (κ3) is 10.8. The van der Waals surface area contributed by atoms with Gasteiger partial charge in [-0.15, -0.1) is 0 Å². The summed E-state index contributed by atoms with van der Waals surface area (Å²) in [6.45, 7) is 11.2. The van der Waals surface area contributed by atoms with Crippen molar-refractivity contribution in [1.29, 1.82) is 0 Å². The van der Waals surface area contributed by atoms with Gasteiger partial charge in [-0.05, 0) is 81.0 Å². The number of benzene rings is 2. The molecule has 6 heteroatoms. The molecule has 0 radical (unpaired) electrons. The van der Waals surface area contributed by atoms with Crippen molar-refractivity contribution >= 4 is 29.1 Å². The van der Waals surface area contributed by atoms with Gasteiger partial charge in [0.2, 0.25) is 5.91 Å². The summed E-state index contributed by atoms with van der Waals surface area (Å²) in [6.07, 6.45) is 14.8. The molecular weight excluding hydrogens is 520 g/mol. The molecule has 0 spiro atoms. The minimum Gasteiger partial charge on any atom is -0.506 e. The highest BCUT2D eigenvalue weighted by Gasteiger charge is 2.21. The molecule has 2 rings (SSSR count). The van der Waals surface area contributed by atoms with Gasteiger partial charge >= 0.3 is 0 Å². The lowest BCUT2D eigenvalue weighted by Crippen LogP contribution is -2.30. The third-order valence-electron chi connectivity index (χ3n) is 7.68. The number of nitrogens with one attached hydrogen (secondary N) is 1. The maximum Gasteiger partial charge on any atom is 0.257 e. The average Bonchev–Trinajstić information content (AvgIpc) is 2.91. The van der Waals surface area contributed by atoms with Crippen molar-refractivity contribution in [1.82, 2.24) is 4.90 Å². The molecule has 0 heterocycles. The number of hydrogen-bond donors (Lipinski definition) is 2. The molecule has 0 aliphatic carbocycles. The lowest BCUT2D eigenvalue weighted by molar-refractivity contribution is -0.116. The summed E-state index contributed by atoms with van der Waals surface area (Å²) in [5, 5.41) is 13.8. The largest absolute Gasteiger partial charge is 0.506 e. The van der Waals surface area contributed by atoms with E-state index in [9.17, 15) is 14.7 Å². The van der Waals surface area contributed by atoms with E-state index in [0.717, 1.165) is 40.8 Å². The van der Waals surface area contributed by atoms with E-state index in [2.05, 4.69) is 18.3 Å². The van der Waals surface area contributed by atoms with Gasteiger partial charge in [0, 0.05) is 25.2 Å². The van der Waals surface area contributed by atoms with Crippen LogP contribution in [-0.2, 0) is 11.2 Å². The van der Waals surface area contributed by atoms with E-state index in [1.807, 2.05) is 33.8 Å². The van der Waals surface area contributed by atoms with Gasteiger partial charge in [-0.3, -0.25) is 9.59 Å². The van der Waals surface area contributed by atoms with Gasteiger partial charge < -0.3 is 15.3 Å². The summed E-state index contributed by atoms with van der Waals surface area (Å²) in [5.74, 6) is -0.404. The molecule has 2 aromatic carbocycles. The third-order valence-corrected chi connectivity index (χ3v) is 7.97. The summed E-state index contributed by atoms with van der Waals surface area (Å²) in [5.41, 5.74) is 4.94. The number of halogens is 1. The fourth-order valence-electron chi connectivity index (χ4n) is 5.31. The molecule has 40 heavy (non-hydrogen) atoms. The van der Waals surface area contributed by atoms with E-state index in [1.165, 1.54) is 57.8 Å². The van der Waals surface area contributed by atoms with Gasteiger partial charge in [0.1, 0.15) is 5.75 Å². The normalized spacial score (nSPS) is 11.1. The van der Waals surface area contributed by atoms with Gasteiger partial charge in [0.25, 0.3) is 5.91 Å². The van der Waals surface area contributed by atoms with Gasteiger partial charge in [-0.25, -0.2) is 0 Å². The molecule has 5 nitrogen and oxygen atoms in total. The molecule has 0 unspecified atom stereocenters. The first-order chi connectivity index (χ1) is 19.2. The average molecular weight is 571 g/mol. The minimum atomic E-state index is -0.243. The highest BCUT2D eigenvalue weighted by atomic mass is 35.5. The van der Waals surface area contributed by atoms with Crippen LogP contribution >= 0.6 is 11.6 Å². The summed E-state index contributed by atoms with van der Waals surface area (Å²) >= 11 is 6.36. The molecule has 2 amide bonds. The van der Waals surface area contributed by atoms with Crippen molar-refractivity contribution in [3.8, 4) is 5.75 Å². The Kier molecular flexibility index (Phi) is 15.2. The molecule has 0 atom stereocenters. The van der Waals surface area contributed by atoms with Crippen LogP contribution in [0.2, 0.25) is 5.02 Å². The van der Waals surface area contributed by atoms with E-state index in [1.54, 1.807) is 17.0 Å². The summed E-state index contributed by atoms with van der Waals surface area (Å²) < 4.78 is 0. The number of anilines is 1. The van der Waals surface area contributed by atoms with Gasteiger partial charge in [0.05, 0.1) is 10.6 Å². The molecule has 0 aliphatic rings. The quantitative estimate of drug-likeness (QED) is 0.175. The van der Waals surface area contributed by atoms with E-state index >= 15 is 0 Å². The minimum absolute atomic E-state index is 0.0308. The second-order valence-corrected chi connectivity index (χ2v) is 11.5. The van der Waals surface area contributed by atoms with Crippen LogP contribution in [0.15, 0.2) is 24.3 Å². The van der Waals surface area contributed by atoms with Crippen LogP contribution < -0.4 is 5.32 Å². The number of aromatic hydroxyl groups is 1.